The van der Waals surface area contributed by atoms with Gasteiger partial charge in [-0.2, -0.15) is 0 Å². The van der Waals surface area contributed by atoms with Gasteiger partial charge in [0.1, 0.15) is 0 Å². The molecule has 2 rings (SSSR count). The SMILES string of the molecule is CCNS(=O)(=O)c1ccc(CNC(=O)CCC2CCNC2)cc1. The predicted octanol–water partition coefficient (Wildman–Crippen LogP) is 0.991. The molecular weight excluding hydrogens is 314 g/mol. The summed E-state index contributed by atoms with van der Waals surface area (Å²) in [6.45, 7) is 4.58. The number of hydrogen-bond donors (Lipinski definition) is 3. The van der Waals surface area contributed by atoms with Gasteiger partial charge >= 0.3 is 0 Å². The van der Waals surface area contributed by atoms with Gasteiger partial charge in [0, 0.05) is 19.5 Å². The zero-order valence-electron chi connectivity index (χ0n) is 13.5. The van der Waals surface area contributed by atoms with Gasteiger partial charge in [0.25, 0.3) is 0 Å². The highest BCUT2D eigenvalue weighted by Gasteiger charge is 2.15. The molecule has 1 fully saturated rings. The van der Waals surface area contributed by atoms with Crippen molar-refractivity contribution >= 4 is 15.9 Å². The number of carbonyl (C=O) groups excluding carboxylic acids is 1. The van der Waals surface area contributed by atoms with Crippen molar-refractivity contribution in [1.82, 2.24) is 15.4 Å². The van der Waals surface area contributed by atoms with Crippen LogP contribution in [-0.4, -0.2) is 34.0 Å². The topological polar surface area (TPSA) is 87.3 Å². The zero-order chi connectivity index (χ0) is 16.7. The zero-order valence-corrected chi connectivity index (χ0v) is 14.3. The van der Waals surface area contributed by atoms with Crippen LogP contribution in [0, 0.1) is 5.92 Å². The van der Waals surface area contributed by atoms with Crippen molar-refractivity contribution < 1.29 is 13.2 Å². The van der Waals surface area contributed by atoms with Crippen molar-refractivity contribution in [2.24, 2.45) is 5.92 Å². The Kier molecular flexibility index (Phi) is 6.56. The minimum absolute atomic E-state index is 0.0428. The van der Waals surface area contributed by atoms with E-state index in [9.17, 15) is 13.2 Å². The van der Waals surface area contributed by atoms with Crippen molar-refractivity contribution in [3.05, 3.63) is 29.8 Å². The highest BCUT2D eigenvalue weighted by molar-refractivity contribution is 7.89. The van der Waals surface area contributed by atoms with E-state index in [-0.39, 0.29) is 10.8 Å². The molecule has 1 aromatic carbocycles. The van der Waals surface area contributed by atoms with Gasteiger partial charge in [-0.05, 0) is 49.5 Å². The minimum Gasteiger partial charge on any atom is -0.352 e. The summed E-state index contributed by atoms with van der Waals surface area (Å²) in [5.41, 5.74) is 0.885. The summed E-state index contributed by atoms with van der Waals surface area (Å²) >= 11 is 0. The maximum atomic E-state index is 11.8. The normalized spacial score (nSPS) is 18.0. The van der Waals surface area contributed by atoms with Gasteiger partial charge in [-0.3, -0.25) is 4.79 Å². The molecule has 3 N–H and O–H groups in total. The summed E-state index contributed by atoms with van der Waals surface area (Å²) in [5, 5.41) is 6.18. The summed E-state index contributed by atoms with van der Waals surface area (Å²) < 4.78 is 26.1. The fraction of sp³-hybridized carbons (Fsp3) is 0.562. The lowest BCUT2D eigenvalue weighted by Crippen LogP contribution is -2.24. The predicted molar refractivity (Wildman–Crippen MR) is 89.4 cm³/mol. The molecule has 0 aromatic heterocycles. The van der Waals surface area contributed by atoms with Crippen LogP contribution in [0.25, 0.3) is 0 Å². The Hall–Kier alpha value is -1.44. The Morgan fingerprint density at radius 3 is 2.65 bits per heavy atom. The van der Waals surface area contributed by atoms with E-state index in [0.29, 0.717) is 25.4 Å². The fourth-order valence-corrected chi connectivity index (χ4v) is 3.69. The van der Waals surface area contributed by atoms with E-state index in [1.807, 2.05) is 0 Å². The Balaban J connectivity index is 1.78. The van der Waals surface area contributed by atoms with Crippen molar-refractivity contribution in [3.63, 3.8) is 0 Å². The summed E-state index contributed by atoms with van der Waals surface area (Å²) in [4.78, 5) is 12.1. The molecule has 6 nitrogen and oxygen atoms in total. The minimum atomic E-state index is -3.42. The van der Waals surface area contributed by atoms with Crippen molar-refractivity contribution in [2.45, 2.75) is 37.6 Å². The van der Waals surface area contributed by atoms with Crippen LogP contribution in [0.3, 0.4) is 0 Å². The first-order valence-electron chi connectivity index (χ1n) is 8.07. The van der Waals surface area contributed by atoms with Crippen molar-refractivity contribution in [1.29, 1.82) is 0 Å². The van der Waals surface area contributed by atoms with Gasteiger partial charge in [-0.15, -0.1) is 0 Å². The Bertz CT molecular complexity index is 608. The second-order valence-electron chi connectivity index (χ2n) is 5.82. The van der Waals surface area contributed by atoms with Crippen LogP contribution in [0.15, 0.2) is 29.2 Å². The molecule has 0 radical (unpaired) electrons. The summed E-state index contributed by atoms with van der Waals surface area (Å²) in [7, 11) is -3.42. The highest BCUT2D eigenvalue weighted by atomic mass is 32.2. The molecule has 7 heteroatoms. The van der Waals surface area contributed by atoms with Crippen LogP contribution >= 0.6 is 0 Å². The largest absolute Gasteiger partial charge is 0.352 e. The first kappa shape index (κ1) is 17.9. The van der Waals surface area contributed by atoms with Crippen LogP contribution in [0.5, 0.6) is 0 Å². The number of rotatable bonds is 8. The molecule has 1 atom stereocenters. The summed E-state index contributed by atoms with van der Waals surface area (Å²) in [6.07, 6.45) is 2.60. The highest BCUT2D eigenvalue weighted by Crippen LogP contribution is 2.14. The van der Waals surface area contributed by atoms with E-state index in [1.165, 1.54) is 0 Å². The first-order chi connectivity index (χ1) is 11.0. The monoisotopic (exact) mass is 339 g/mol. The van der Waals surface area contributed by atoms with E-state index in [1.54, 1.807) is 31.2 Å². The quantitative estimate of drug-likeness (QED) is 0.659. The molecule has 0 bridgehead atoms. The van der Waals surface area contributed by atoms with E-state index in [4.69, 9.17) is 0 Å². The molecule has 0 spiro atoms. The fourth-order valence-electron chi connectivity index (χ4n) is 2.64. The number of sulfonamides is 1. The third-order valence-corrected chi connectivity index (χ3v) is 5.56. The Morgan fingerprint density at radius 2 is 2.04 bits per heavy atom. The second-order valence-corrected chi connectivity index (χ2v) is 7.59. The lowest BCUT2D eigenvalue weighted by atomic mass is 10.0. The number of nitrogens with one attached hydrogen (secondary N) is 3. The molecule has 1 amide bonds. The second kappa shape index (κ2) is 8.42. The molecule has 128 valence electrons. The van der Waals surface area contributed by atoms with Gasteiger partial charge in [-0.1, -0.05) is 19.1 Å². The molecule has 0 saturated carbocycles. The van der Waals surface area contributed by atoms with E-state index in [0.717, 1.165) is 31.5 Å². The van der Waals surface area contributed by atoms with E-state index in [2.05, 4.69) is 15.4 Å². The van der Waals surface area contributed by atoms with Crippen LogP contribution in [0.4, 0.5) is 0 Å². The standard InChI is InChI=1S/C16H25N3O3S/c1-2-19-23(21,22)15-6-3-13(4-7-15)12-18-16(20)8-5-14-9-10-17-11-14/h3-4,6-7,14,17,19H,2,5,8-12H2,1H3,(H,18,20). The third-order valence-electron chi connectivity index (χ3n) is 4.00. The summed E-state index contributed by atoms with van der Waals surface area (Å²) in [5.74, 6) is 0.651. The number of amides is 1. The van der Waals surface area contributed by atoms with Crippen LogP contribution in [0.1, 0.15) is 31.7 Å². The smallest absolute Gasteiger partial charge is 0.240 e. The third kappa shape index (κ3) is 5.60. The summed E-state index contributed by atoms with van der Waals surface area (Å²) in [6, 6.07) is 6.57. The molecule has 1 unspecified atom stereocenters. The lowest BCUT2D eigenvalue weighted by Gasteiger charge is -2.09. The van der Waals surface area contributed by atoms with Crippen LogP contribution < -0.4 is 15.4 Å². The average Bonchev–Trinajstić information content (AvgIpc) is 3.05. The Morgan fingerprint density at radius 1 is 1.30 bits per heavy atom. The molecule has 0 aliphatic carbocycles. The van der Waals surface area contributed by atoms with Crippen LogP contribution in [-0.2, 0) is 21.4 Å². The molecule has 1 aliphatic rings. The van der Waals surface area contributed by atoms with Gasteiger partial charge in [0.05, 0.1) is 4.90 Å². The van der Waals surface area contributed by atoms with E-state index < -0.39 is 10.0 Å². The molecule has 1 saturated heterocycles. The number of carbonyl (C=O) groups is 1. The molecule has 1 aromatic rings. The lowest BCUT2D eigenvalue weighted by molar-refractivity contribution is -0.121. The number of hydrogen-bond acceptors (Lipinski definition) is 4. The van der Waals surface area contributed by atoms with Gasteiger partial charge in [0.2, 0.25) is 15.9 Å². The van der Waals surface area contributed by atoms with E-state index >= 15 is 0 Å². The van der Waals surface area contributed by atoms with Crippen molar-refractivity contribution in [3.8, 4) is 0 Å². The molecule has 23 heavy (non-hydrogen) atoms. The maximum Gasteiger partial charge on any atom is 0.240 e. The molecular formula is C16H25N3O3S. The molecule has 1 aliphatic heterocycles. The van der Waals surface area contributed by atoms with Crippen molar-refractivity contribution in [2.75, 3.05) is 19.6 Å². The van der Waals surface area contributed by atoms with Gasteiger partial charge in [-0.25, -0.2) is 13.1 Å². The first-order valence-corrected chi connectivity index (χ1v) is 9.55. The average molecular weight is 339 g/mol. The van der Waals surface area contributed by atoms with Gasteiger partial charge in [0.15, 0.2) is 0 Å². The molecule has 1 heterocycles. The maximum absolute atomic E-state index is 11.8. The van der Waals surface area contributed by atoms with Gasteiger partial charge < -0.3 is 10.6 Å². The van der Waals surface area contributed by atoms with Crippen LogP contribution in [0.2, 0.25) is 0 Å². The number of benzene rings is 1. The Labute approximate surface area is 138 Å².